The molecule has 0 atom stereocenters. The summed E-state index contributed by atoms with van der Waals surface area (Å²) >= 11 is 0. The van der Waals surface area contributed by atoms with Crippen LogP contribution >= 0.6 is 0 Å². The number of para-hydroxylation sites is 1. The first kappa shape index (κ1) is 27.4. The summed E-state index contributed by atoms with van der Waals surface area (Å²) in [6.45, 7) is 8.43. The number of hydrogen-bond acceptors (Lipinski definition) is 2. The minimum atomic E-state index is -0.433. The van der Waals surface area contributed by atoms with Crippen LogP contribution < -0.4 is 5.46 Å². The molecule has 0 bridgehead atoms. The Bertz CT molecular complexity index is 2440. The van der Waals surface area contributed by atoms with Gasteiger partial charge in [-0.25, -0.2) is 0 Å². The van der Waals surface area contributed by atoms with Gasteiger partial charge in [0.2, 0.25) is 0 Å². The van der Waals surface area contributed by atoms with Gasteiger partial charge >= 0.3 is 7.12 Å². The van der Waals surface area contributed by atoms with Gasteiger partial charge in [-0.2, -0.15) is 0 Å². The Labute approximate surface area is 269 Å². The molecule has 1 aliphatic rings. The normalized spacial score (nSPS) is 16.0. The summed E-state index contributed by atoms with van der Waals surface area (Å²) in [5.74, 6) is 0. The van der Waals surface area contributed by atoms with Crippen molar-refractivity contribution in [2.24, 2.45) is 0 Å². The highest BCUT2D eigenvalue weighted by atomic mass is 16.7. The molecule has 2 heterocycles. The van der Waals surface area contributed by atoms with Crippen molar-refractivity contribution in [2.75, 3.05) is 0 Å². The van der Waals surface area contributed by atoms with Crippen LogP contribution in [0.15, 0.2) is 133 Å². The van der Waals surface area contributed by atoms with Gasteiger partial charge in [-0.05, 0) is 107 Å². The summed E-state index contributed by atoms with van der Waals surface area (Å²) in [5.41, 5.74) is 6.10. The van der Waals surface area contributed by atoms with Gasteiger partial charge in [-0.15, -0.1) is 0 Å². The molecule has 0 aliphatic carbocycles. The van der Waals surface area contributed by atoms with Gasteiger partial charge in [0.25, 0.3) is 0 Å². The highest BCUT2D eigenvalue weighted by molar-refractivity contribution is 6.62. The molecular weight excluding hydrogens is 561 g/mol. The smallest absolute Gasteiger partial charge is 0.399 e. The number of rotatable bonds is 3. The molecule has 1 fully saturated rings. The van der Waals surface area contributed by atoms with Crippen LogP contribution in [-0.4, -0.2) is 22.9 Å². The zero-order valence-corrected chi connectivity index (χ0v) is 26.5. The van der Waals surface area contributed by atoms with Gasteiger partial charge in [-0.3, -0.25) is 0 Å². The third kappa shape index (κ3) is 3.94. The van der Waals surface area contributed by atoms with Crippen LogP contribution in [0.2, 0.25) is 0 Å². The minimum Gasteiger partial charge on any atom is -0.399 e. The Kier molecular flexibility index (Phi) is 5.84. The predicted octanol–water partition coefficient (Wildman–Crippen LogP) is 10.2. The van der Waals surface area contributed by atoms with Crippen LogP contribution in [0, 0.1) is 0 Å². The molecule has 8 aromatic rings. The summed E-state index contributed by atoms with van der Waals surface area (Å²) in [5, 5.41) is 10.1. The van der Waals surface area contributed by atoms with Crippen LogP contribution in [0.1, 0.15) is 27.7 Å². The van der Waals surface area contributed by atoms with Gasteiger partial charge in [-0.1, -0.05) is 103 Å². The van der Waals surface area contributed by atoms with Crippen molar-refractivity contribution in [3.63, 3.8) is 0 Å². The number of nitrogens with zero attached hydrogens (tertiary/aromatic N) is 1. The van der Waals surface area contributed by atoms with Crippen LogP contribution in [0.5, 0.6) is 0 Å². The van der Waals surface area contributed by atoms with Crippen molar-refractivity contribution in [1.82, 2.24) is 4.57 Å². The van der Waals surface area contributed by atoms with E-state index in [0.717, 1.165) is 16.7 Å². The van der Waals surface area contributed by atoms with Crippen molar-refractivity contribution in [3.05, 3.63) is 133 Å². The van der Waals surface area contributed by atoms with E-state index >= 15 is 0 Å². The Hall–Kier alpha value is -4.90. The van der Waals surface area contributed by atoms with Crippen molar-refractivity contribution in [2.45, 2.75) is 38.9 Å². The lowest BCUT2D eigenvalue weighted by atomic mass is 9.78. The first-order chi connectivity index (χ1) is 22.3. The molecule has 222 valence electrons. The molecule has 7 aromatic carbocycles. The second kappa shape index (κ2) is 9.80. The molecule has 46 heavy (non-hydrogen) atoms. The largest absolute Gasteiger partial charge is 0.494 e. The maximum Gasteiger partial charge on any atom is 0.494 e. The highest BCUT2D eigenvalue weighted by Gasteiger charge is 2.51. The molecule has 1 aliphatic heterocycles. The SMILES string of the molecule is CC1(C)OB(c2ccc3c(c2)c2c(-c4ccc5c6ccccc6c6ccccc6c5c4)cccc2n3-c2ccccc2)OC1(C)C. The van der Waals surface area contributed by atoms with Gasteiger partial charge < -0.3 is 13.9 Å². The van der Waals surface area contributed by atoms with E-state index in [1.54, 1.807) is 0 Å². The van der Waals surface area contributed by atoms with Crippen LogP contribution in [0.4, 0.5) is 0 Å². The molecule has 0 spiro atoms. The lowest BCUT2D eigenvalue weighted by Gasteiger charge is -2.32. The zero-order valence-electron chi connectivity index (χ0n) is 26.5. The first-order valence-electron chi connectivity index (χ1n) is 16.1. The van der Waals surface area contributed by atoms with Crippen LogP contribution in [0.3, 0.4) is 0 Å². The van der Waals surface area contributed by atoms with Crippen molar-refractivity contribution in [3.8, 4) is 16.8 Å². The number of fused-ring (bicyclic) bond motifs is 9. The van der Waals surface area contributed by atoms with Gasteiger partial charge in [0.05, 0.1) is 22.2 Å². The fourth-order valence-corrected chi connectivity index (χ4v) is 7.38. The van der Waals surface area contributed by atoms with E-state index in [-0.39, 0.29) is 0 Å². The molecule has 4 heteroatoms. The molecule has 1 saturated heterocycles. The summed E-state index contributed by atoms with van der Waals surface area (Å²) in [7, 11) is -0.433. The molecule has 0 N–H and O–H groups in total. The van der Waals surface area contributed by atoms with E-state index < -0.39 is 18.3 Å². The molecule has 9 rings (SSSR count). The second-order valence-corrected chi connectivity index (χ2v) is 13.6. The molecule has 3 nitrogen and oxygen atoms in total. The van der Waals surface area contributed by atoms with Gasteiger partial charge in [0, 0.05) is 16.5 Å². The van der Waals surface area contributed by atoms with E-state index in [0.29, 0.717) is 0 Å². The van der Waals surface area contributed by atoms with Crippen LogP contribution in [0.25, 0.3) is 70.9 Å². The Morgan fingerprint density at radius 2 is 1.07 bits per heavy atom. The average Bonchev–Trinajstić information content (AvgIpc) is 3.53. The summed E-state index contributed by atoms with van der Waals surface area (Å²) < 4.78 is 15.4. The Morgan fingerprint density at radius 1 is 0.478 bits per heavy atom. The minimum absolute atomic E-state index is 0.409. The fraction of sp³-hybridized carbons (Fsp3) is 0.143. The third-order valence-corrected chi connectivity index (χ3v) is 10.4. The van der Waals surface area contributed by atoms with Crippen LogP contribution in [-0.2, 0) is 9.31 Å². The highest BCUT2D eigenvalue weighted by Crippen LogP contribution is 2.42. The maximum absolute atomic E-state index is 6.51. The summed E-state index contributed by atoms with van der Waals surface area (Å²) in [4.78, 5) is 0. The van der Waals surface area contributed by atoms with Gasteiger partial charge in [0.1, 0.15) is 0 Å². The molecule has 0 saturated carbocycles. The van der Waals surface area contributed by atoms with E-state index in [2.05, 4.69) is 166 Å². The van der Waals surface area contributed by atoms with E-state index in [1.165, 1.54) is 59.7 Å². The Morgan fingerprint density at radius 3 is 1.72 bits per heavy atom. The van der Waals surface area contributed by atoms with E-state index in [9.17, 15) is 0 Å². The molecule has 0 radical (unpaired) electrons. The average molecular weight is 596 g/mol. The monoisotopic (exact) mass is 595 g/mol. The quantitative estimate of drug-likeness (QED) is 0.150. The molecule has 0 unspecified atom stereocenters. The number of benzene rings is 7. The van der Waals surface area contributed by atoms with Crippen molar-refractivity contribution in [1.29, 1.82) is 0 Å². The first-order valence-corrected chi connectivity index (χ1v) is 16.1. The predicted molar refractivity (Wildman–Crippen MR) is 194 cm³/mol. The molecule has 1 aromatic heterocycles. The molecular formula is C42H34BNO2. The summed E-state index contributed by atoms with van der Waals surface area (Å²) in [6.07, 6.45) is 0. The Balaban J connectivity index is 1.33. The topological polar surface area (TPSA) is 23.4 Å². The lowest BCUT2D eigenvalue weighted by molar-refractivity contribution is 0.00578. The van der Waals surface area contributed by atoms with Crippen molar-refractivity contribution >= 4 is 66.7 Å². The lowest BCUT2D eigenvalue weighted by Crippen LogP contribution is -2.41. The standard InChI is InChI=1S/C42H34BNO2/c1-41(2)42(3,4)46-43(45-41)28-22-24-38-37(26-28)40-30(19-12-20-39(40)44(38)29-13-6-5-7-14-29)27-21-23-35-33-17-9-8-15-31(33)32-16-10-11-18-34(32)36(35)25-27/h5-26H,1-4H3. The number of hydrogen-bond donors (Lipinski definition) is 0. The van der Waals surface area contributed by atoms with Crippen molar-refractivity contribution < 1.29 is 9.31 Å². The molecule has 0 amide bonds. The zero-order chi connectivity index (χ0) is 31.2. The summed E-state index contributed by atoms with van der Waals surface area (Å²) in [6, 6.07) is 48.6. The maximum atomic E-state index is 6.51. The number of aromatic nitrogens is 1. The second-order valence-electron chi connectivity index (χ2n) is 13.6. The van der Waals surface area contributed by atoms with E-state index in [4.69, 9.17) is 9.31 Å². The van der Waals surface area contributed by atoms with Gasteiger partial charge in [0.15, 0.2) is 0 Å². The van der Waals surface area contributed by atoms with E-state index in [1.807, 2.05) is 0 Å². The fourth-order valence-electron chi connectivity index (χ4n) is 7.38. The third-order valence-electron chi connectivity index (χ3n) is 10.4.